The van der Waals surface area contributed by atoms with Gasteiger partial charge in [-0.1, -0.05) is 18.2 Å². The number of pyridine rings is 1. The largest absolute Gasteiger partial charge is 0.283 e. The molecule has 2 aromatic carbocycles. The van der Waals surface area contributed by atoms with E-state index in [9.17, 15) is 4.39 Å². The Kier molecular flexibility index (Phi) is 4.28. The first-order valence-corrected chi connectivity index (χ1v) is 8.75. The molecule has 27 heavy (non-hydrogen) atoms. The summed E-state index contributed by atoms with van der Waals surface area (Å²) in [5.41, 5.74) is 6.34. The van der Waals surface area contributed by atoms with Gasteiger partial charge >= 0.3 is 0 Å². The van der Waals surface area contributed by atoms with Gasteiger partial charge in [0.05, 0.1) is 5.69 Å². The van der Waals surface area contributed by atoms with E-state index in [4.69, 9.17) is 4.98 Å². The quantitative estimate of drug-likeness (QED) is 0.386. The molecule has 134 valence electrons. The highest BCUT2D eigenvalue weighted by molar-refractivity contribution is 5.74. The molecule has 0 aliphatic carbocycles. The van der Waals surface area contributed by atoms with Gasteiger partial charge in [-0.25, -0.2) is 9.37 Å². The molecular formula is C22H19FN4. The van der Waals surface area contributed by atoms with E-state index < -0.39 is 0 Å². The summed E-state index contributed by atoms with van der Waals surface area (Å²) in [6.45, 7) is 6.05. The van der Waals surface area contributed by atoms with Gasteiger partial charge in [-0.3, -0.25) is 4.40 Å². The van der Waals surface area contributed by atoms with E-state index in [1.807, 2.05) is 61.7 Å². The van der Waals surface area contributed by atoms with Gasteiger partial charge in [0.15, 0.2) is 5.82 Å². The van der Waals surface area contributed by atoms with Crippen LogP contribution >= 0.6 is 0 Å². The van der Waals surface area contributed by atoms with E-state index in [2.05, 4.69) is 10.2 Å². The summed E-state index contributed by atoms with van der Waals surface area (Å²) >= 11 is 0. The van der Waals surface area contributed by atoms with Crippen LogP contribution in [-0.2, 0) is 0 Å². The van der Waals surface area contributed by atoms with Crippen molar-refractivity contribution in [3.63, 3.8) is 0 Å². The first kappa shape index (κ1) is 17.1. The van der Waals surface area contributed by atoms with Gasteiger partial charge < -0.3 is 0 Å². The Morgan fingerprint density at radius 2 is 1.59 bits per heavy atom. The summed E-state index contributed by atoms with van der Waals surface area (Å²) < 4.78 is 15.3. The Morgan fingerprint density at radius 3 is 2.30 bits per heavy atom. The minimum Gasteiger partial charge on any atom is -0.283 e. The van der Waals surface area contributed by atoms with Crippen LogP contribution in [0.15, 0.2) is 71.0 Å². The fourth-order valence-electron chi connectivity index (χ4n) is 3.09. The Morgan fingerprint density at radius 1 is 0.889 bits per heavy atom. The molecule has 4 nitrogen and oxygen atoms in total. The van der Waals surface area contributed by atoms with E-state index in [1.165, 1.54) is 12.1 Å². The topological polar surface area (TPSA) is 42.0 Å². The van der Waals surface area contributed by atoms with Crippen LogP contribution in [0.1, 0.15) is 16.7 Å². The number of aromatic nitrogens is 2. The minimum atomic E-state index is -0.280. The number of fused-ring (bicyclic) bond motifs is 1. The highest BCUT2D eigenvalue weighted by Gasteiger charge is 2.14. The molecule has 0 aliphatic rings. The molecule has 5 heteroatoms. The third-order valence-corrected chi connectivity index (χ3v) is 4.56. The van der Waals surface area contributed by atoms with E-state index in [0.29, 0.717) is 11.5 Å². The van der Waals surface area contributed by atoms with E-state index in [1.54, 1.807) is 12.1 Å². The van der Waals surface area contributed by atoms with Gasteiger partial charge in [0.1, 0.15) is 17.2 Å². The molecule has 2 aromatic heterocycles. The van der Waals surface area contributed by atoms with Gasteiger partial charge in [0.25, 0.3) is 0 Å². The first-order chi connectivity index (χ1) is 13.0. The summed E-state index contributed by atoms with van der Waals surface area (Å²) in [6.07, 6.45) is 1.93. The molecule has 0 bridgehead atoms. The number of imidazole rings is 1. The molecule has 0 unspecified atom stereocenters. The third-order valence-electron chi connectivity index (χ3n) is 4.56. The second-order valence-corrected chi connectivity index (χ2v) is 6.66. The lowest BCUT2D eigenvalue weighted by molar-refractivity contribution is 0.628. The molecule has 0 fully saturated rings. The van der Waals surface area contributed by atoms with Crippen molar-refractivity contribution in [3.8, 4) is 11.3 Å². The molecule has 0 amide bonds. The van der Waals surface area contributed by atoms with Crippen molar-refractivity contribution in [2.45, 2.75) is 20.8 Å². The van der Waals surface area contributed by atoms with Gasteiger partial charge in [0.2, 0.25) is 0 Å². The molecule has 0 saturated heterocycles. The van der Waals surface area contributed by atoms with Gasteiger partial charge in [-0.15, -0.1) is 10.2 Å². The van der Waals surface area contributed by atoms with Gasteiger partial charge in [-0.05, 0) is 73.9 Å². The zero-order valence-corrected chi connectivity index (χ0v) is 15.4. The van der Waals surface area contributed by atoms with Crippen molar-refractivity contribution in [2.24, 2.45) is 10.2 Å². The smallest absolute Gasteiger partial charge is 0.187 e. The van der Waals surface area contributed by atoms with Crippen LogP contribution in [0.4, 0.5) is 15.9 Å². The SMILES string of the molecule is Cc1ccn2c(N=Nc3c(C)cccc3C)c(-c3ccc(F)cc3)nc2c1. The van der Waals surface area contributed by atoms with Crippen molar-refractivity contribution in [1.29, 1.82) is 0 Å². The number of azo groups is 1. The van der Waals surface area contributed by atoms with Crippen molar-refractivity contribution < 1.29 is 4.39 Å². The maximum Gasteiger partial charge on any atom is 0.187 e. The zero-order valence-electron chi connectivity index (χ0n) is 15.4. The number of rotatable bonds is 3. The fraction of sp³-hybridized carbons (Fsp3) is 0.136. The molecule has 0 saturated carbocycles. The zero-order chi connectivity index (χ0) is 19.0. The average molecular weight is 358 g/mol. The molecule has 0 aliphatic heterocycles. The van der Waals surface area contributed by atoms with Crippen molar-refractivity contribution in [2.75, 3.05) is 0 Å². The Balaban J connectivity index is 1.91. The lowest BCUT2D eigenvalue weighted by Crippen LogP contribution is -1.84. The lowest BCUT2D eigenvalue weighted by atomic mass is 10.1. The summed E-state index contributed by atoms with van der Waals surface area (Å²) in [5, 5.41) is 9.06. The van der Waals surface area contributed by atoms with Gasteiger partial charge in [0, 0.05) is 11.8 Å². The highest BCUT2D eigenvalue weighted by Crippen LogP contribution is 2.33. The van der Waals surface area contributed by atoms with Crippen LogP contribution in [0.2, 0.25) is 0 Å². The highest BCUT2D eigenvalue weighted by atomic mass is 19.1. The van der Waals surface area contributed by atoms with Crippen LogP contribution < -0.4 is 0 Å². The Hall–Kier alpha value is -3.34. The number of hydrogen-bond acceptors (Lipinski definition) is 3. The summed E-state index contributed by atoms with van der Waals surface area (Å²) in [7, 11) is 0. The van der Waals surface area contributed by atoms with Crippen LogP contribution in [-0.4, -0.2) is 9.38 Å². The van der Waals surface area contributed by atoms with Crippen molar-refractivity contribution in [3.05, 3.63) is 83.3 Å². The summed E-state index contributed by atoms with van der Waals surface area (Å²) in [6, 6.07) is 16.3. The molecule has 4 aromatic rings. The molecule has 0 radical (unpaired) electrons. The normalized spacial score (nSPS) is 11.6. The summed E-state index contributed by atoms with van der Waals surface area (Å²) in [4.78, 5) is 4.72. The van der Waals surface area contributed by atoms with Gasteiger partial charge in [-0.2, -0.15) is 0 Å². The number of nitrogens with zero attached hydrogens (tertiary/aromatic N) is 4. The first-order valence-electron chi connectivity index (χ1n) is 8.75. The predicted molar refractivity (Wildman–Crippen MR) is 105 cm³/mol. The fourth-order valence-corrected chi connectivity index (χ4v) is 3.09. The van der Waals surface area contributed by atoms with Crippen LogP contribution in [0.25, 0.3) is 16.9 Å². The van der Waals surface area contributed by atoms with Crippen molar-refractivity contribution >= 4 is 17.2 Å². The average Bonchev–Trinajstić information content (AvgIpc) is 2.99. The number of benzene rings is 2. The van der Waals surface area contributed by atoms with E-state index >= 15 is 0 Å². The van der Waals surface area contributed by atoms with E-state index in [0.717, 1.165) is 33.6 Å². The second-order valence-electron chi connectivity index (χ2n) is 6.66. The molecule has 0 atom stereocenters. The maximum absolute atomic E-state index is 13.4. The molecular weight excluding hydrogens is 339 g/mol. The van der Waals surface area contributed by atoms with Crippen LogP contribution in [0, 0.1) is 26.6 Å². The molecule has 0 spiro atoms. The standard InChI is InChI=1S/C22H19FN4/c1-14-11-12-27-19(13-14)24-21(17-7-9-18(23)10-8-17)22(27)26-25-20-15(2)5-4-6-16(20)3/h4-13H,1-3H3. The maximum atomic E-state index is 13.4. The monoisotopic (exact) mass is 358 g/mol. The third kappa shape index (κ3) is 3.24. The predicted octanol–water partition coefficient (Wildman–Crippen LogP) is 6.48. The summed E-state index contributed by atoms with van der Waals surface area (Å²) in [5.74, 6) is 0.344. The van der Waals surface area contributed by atoms with Crippen LogP contribution in [0.5, 0.6) is 0 Å². The van der Waals surface area contributed by atoms with E-state index in [-0.39, 0.29) is 5.82 Å². The Bertz CT molecular complexity index is 1140. The Labute approximate surface area is 157 Å². The number of aryl methyl sites for hydroxylation is 3. The molecule has 2 heterocycles. The number of halogens is 1. The second kappa shape index (κ2) is 6.76. The molecule has 4 rings (SSSR count). The molecule has 0 N–H and O–H groups in total. The van der Waals surface area contributed by atoms with Crippen LogP contribution in [0.3, 0.4) is 0 Å². The lowest BCUT2D eigenvalue weighted by Gasteiger charge is -2.03. The minimum absolute atomic E-state index is 0.280. The number of hydrogen-bond donors (Lipinski definition) is 0. The van der Waals surface area contributed by atoms with Crippen molar-refractivity contribution in [1.82, 2.24) is 9.38 Å².